The average molecular weight is 519 g/mol. The summed E-state index contributed by atoms with van der Waals surface area (Å²) >= 11 is 7.13. The minimum Gasteiger partial charge on any atom is -0.415 e. The van der Waals surface area contributed by atoms with Crippen molar-refractivity contribution in [3.8, 4) is 6.19 Å². The molecule has 34 heavy (non-hydrogen) atoms. The quantitative estimate of drug-likeness (QED) is 0.264. The van der Waals surface area contributed by atoms with Crippen LogP contribution < -0.4 is 10.2 Å². The lowest BCUT2D eigenvalue weighted by Crippen LogP contribution is -2.42. The number of hydrogen-bond donors (Lipinski definition) is 1. The highest BCUT2D eigenvalue weighted by molar-refractivity contribution is 7.18. The molecule has 182 valence electrons. The molecule has 1 aromatic carbocycles. The minimum atomic E-state index is -1.85. The Hall–Kier alpha value is -2.38. The Morgan fingerprint density at radius 3 is 2.62 bits per heavy atom. The molecule has 0 fully saturated rings. The average Bonchev–Trinajstić information content (AvgIpc) is 3.44. The molecule has 0 spiro atoms. The van der Waals surface area contributed by atoms with Gasteiger partial charge in [0.15, 0.2) is 14.5 Å². The minimum absolute atomic E-state index is 0.133. The first-order valence-electron chi connectivity index (χ1n) is 11.2. The highest BCUT2D eigenvalue weighted by atomic mass is 35.5. The van der Waals surface area contributed by atoms with Crippen LogP contribution in [-0.4, -0.2) is 45.7 Å². The number of benzene rings is 1. The fourth-order valence-corrected chi connectivity index (χ4v) is 5.11. The van der Waals surface area contributed by atoms with E-state index in [0.29, 0.717) is 35.3 Å². The summed E-state index contributed by atoms with van der Waals surface area (Å²) in [5.41, 5.74) is 2.55. The summed E-state index contributed by atoms with van der Waals surface area (Å²) in [6, 6.07) is 11.1. The van der Waals surface area contributed by atoms with Crippen LogP contribution in [0.15, 0.2) is 41.6 Å². The number of oxime groups is 1. The van der Waals surface area contributed by atoms with E-state index in [-0.39, 0.29) is 17.0 Å². The Morgan fingerprint density at radius 2 is 2.03 bits per heavy atom. The van der Waals surface area contributed by atoms with E-state index in [1.165, 1.54) is 11.3 Å². The number of thiophene rings is 1. The monoisotopic (exact) mass is 518 g/mol. The number of nitriles is 1. The zero-order valence-electron chi connectivity index (χ0n) is 20.2. The van der Waals surface area contributed by atoms with E-state index in [2.05, 4.69) is 50.5 Å². The van der Waals surface area contributed by atoms with Gasteiger partial charge in [-0.15, -0.1) is 11.3 Å². The topological polar surface area (TPSA) is 86.9 Å². The molecule has 0 aliphatic carbocycles. The van der Waals surface area contributed by atoms with Crippen LogP contribution in [0.3, 0.4) is 0 Å². The highest BCUT2D eigenvalue weighted by Gasteiger charge is 2.37. The SMILES string of the molecule is CC(C)(C)[Si](C)(C)OCCN(C#N)c1ccc(C2=NOC(CNC(=O)c3ccc(Cl)s3)C2)cc1. The molecule has 3 rings (SSSR count). The Balaban J connectivity index is 1.50. The number of carbonyl (C=O) groups excluding carboxylic acids is 1. The molecule has 1 aromatic heterocycles. The summed E-state index contributed by atoms with van der Waals surface area (Å²) < 4.78 is 6.79. The van der Waals surface area contributed by atoms with Crippen molar-refractivity contribution in [2.75, 3.05) is 24.6 Å². The number of hydrogen-bond acceptors (Lipinski definition) is 7. The maximum Gasteiger partial charge on any atom is 0.261 e. The van der Waals surface area contributed by atoms with Crippen LogP contribution in [-0.2, 0) is 9.26 Å². The maximum absolute atomic E-state index is 12.2. The summed E-state index contributed by atoms with van der Waals surface area (Å²) in [5, 5.41) is 16.8. The second-order valence-electron chi connectivity index (χ2n) is 9.69. The largest absolute Gasteiger partial charge is 0.415 e. The molecule has 0 radical (unpaired) electrons. The summed E-state index contributed by atoms with van der Waals surface area (Å²) in [6.45, 7) is 12.4. The fraction of sp³-hybridized carbons (Fsp3) is 0.458. The van der Waals surface area contributed by atoms with E-state index in [0.717, 1.165) is 17.0 Å². The summed E-state index contributed by atoms with van der Waals surface area (Å²) in [6.07, 6.45) is 2.61. The van der Waals surface area contributed by atoms with Gasteiger partial charge in [0.25, 0.3) is 5.91 Å². The zero-order chi connectivity index (χ0) is 24.9. The smallest absolute Gasteiger partial charge is 0.261 e. The van der Waals surface area contributed by atoms with Crippen LogP contribution in [0.4, 0.5) is 5.69 Å². The predicted molar refractivity (Wildman–Crippen MR) is 140 cm³/mol. The molecule has 1 atom stereocenters. The third kappa shape index (κ3) is 6.60. The van der Waals surface area contributed by atoms with Gasteiger partial charge in [-0.3, -0.25) is 9.69 Å². The molecule has 1 unspecified atom stereocenters. The summed E-state index contributed by atoms with van der Waals surface area (Å²) in [4.78, 5) is 19.9. The number of nitrogens with zero attached hydrogens (tertiary/aromatic N) is 3. The predicted octanol–water partition coefficient (Wildman–Crippen LogP) is 5.63. The molecular formula is C24H31ClN4O3SSi. The zero-order valence-corrected chi connectivity index (χ0v) is 22.8. The lowest BCUT2D eigenvalue weighted by molar-refractivity contribution is 0.0755. The molecule has 1 aliphatic rings. The molecule has 0 saturated carbocycles. The molecule has 2 heterocycles. The first-order chi connectivity index (χ1) is 16.0. The number of amides is 1. The molecule has 0 bridgehead atoms. The highest BCUT2D eigenvalue weighted by Crippen LogP contribution is 2.36. The Bertz CT molecular complexity index is 1070. The Labute approximate surface area is 211 Å². The van der Waals surface area contributed by atoms with Crippen molar-refractivity contribution in [2.45, 2.75) is 51.4 Å². The lowest BCUT2D eigenvalue weighted by Gasteiger charge is -2.36. The first kappa shape index (κ1) is 26.2. The van der Waals surface area contributed by atoms with E-state index in [9.17, 15) is 10.1 Å². The van der Waals surface area contributed by atoms with E-state index in [1.54, 1.807) is 17.0 Å². The van der Waals surface area contributed by atoms with Gasteiger partial charge in [-0.05, 0) is 48.0 Å². The normalized spacial score (nSPS) is 15.9. The van der Waals surface area contributed by atoms with Gasteiger partial charge in [-0.2, -0.15) is 5.26 Å². The molecule has 0 saturated heterocycles. The van der Waals surface area contributed by atoms with E-state index in [1.807, 2.05) is 24.3 Å². The molecular weight excluding hydrogens is 488 g/mol. The van der Waals surface area contributed by atoms with E-state index in [4.69, 9.17) is 20.9 Å². The molecule has 7 nitrogen and oxygen atoms in total. The summed E-state index contributed by atoms with van der Waals surface area (Å²) in [5.74, 6) is -0.174. The van der Waals surface area contributed by atoms with Crippen LogP contribution >= 0.6 is 22.9 Å². The molecule has 1 aliphatic heterocycles. The molecule has 2 aromatic rings. The van der Waals surface area contributed by atoms with Crippen molar-refractivity contribution in [1.82, 2.24) is 5.32 Å². The third-order valence-electron chi connectivity index (χ3n) is 6.24. The number of halogens is 1. The van der Waals surface area contributed by atoms with Crippen molar-refractivity contribution in [2.24, 2.45) is 5.16 Å². The van der Waals surface area contributed by atoms with Gasteiger partial charge in [0.05, 0.1) is 40.3 Å². The Kier molecular flexibility index (Phi) is 8.41. The van der Waals surface area contributed by atoms with Gasteiger partial charge in [-0.25, -0.2) is 0 Å². The third-order valence-corrected chi connectivity index (χ3v) is 12.0. The van der Waals surface area contributed by atoms with Crippen molar-refractivity contribution in [3.63, 3.8) is 0 Å². The van der Waals surface area contributed by atoms with Crippen molar-refractivity contribution in [3.05, 3.63) is 51.2 Å². The maximum atomic E-state index is 12.2. The van der Waals surface area contributed by atoms with Gasteiger partial charge in [-0.1, -0.05) is 49.7 Å². The van der Waals surface area contributed by atoms with E-state index < -0.39 is 8.32 Å². The lowest BCUT2D eigenvalue weighted by atomic mass is 10.0. The second kappa shape index (κ2) is 10.9. The van der Waals surface area contributed by atoms with Gasteiger partial charge < -0.3 is 14.6 Å². The fourth-order valence-electron chi connectivity index (χ4n) is 3.12. The van der Waals surface area contributed by atoms with Gasteiger partial charge in [0.2, 0.25) is 0 Å². The molecule has 10 heteroatoms. The van der Waals surface area contributed by atoms with Crippen LogP contribution in [0, 0.1) is 11.5 Å². The van der Waals surface area contributed by atoms with Crippen molar-refractivity contribution < 1.29 is 14.1 Å². The molecule has 1 N–H and O–H groups in total. The van der Waals surface area contributed by atoms with Crippen LogP contribution in [0.2, 0.25) is 22.5 Å². The summed E-state index contributed by atoms with van der Waals surface area (Å²) in [7, 11) is -1.85. The van der Waals surface area contributed by atoms with Crippen molar-refractivity contribution >= 4 is 48.6 Å². The van der Waals surface area contributed by atoms with Crippen molar-refractivity contribution in [1.29, 1.82) is 5.26 Å². The van der Waals surface area contributed by atoms with Crippen LogP contribution in [0.25, 0.3) is 0 Å². The van der Waals surface area contributed by atoms with Gasteiger partial charge in [0.1, 0.15) is 6.10 Å². The van der Waals surface area contributed by atoms with Gasteiger partial charge in [0, 0.05) is 6.42 Å². The van der Waals surface area contributed by atoms with E-state index >= 15 is 0 Å². The first-order valence-corrected chi connectivity index (χ1v) is 15.3. The number of anilines is 1. The Morgan fingerprint density at radius 1 is 1.32 bits per heavy atom. The standard InChI is InChI=1S/C24H31ClN4O3SSi/c1-24(2,3)34(4,5)31-13-12-29(16-26)18-8-6-17(7-9-18)20-14-19(32-28-20)15-27-23(30)21-10-11-22(25)33-21/h6-11,19H,12-15H2,1-5H3,(H,27,30). The molecule has 1 amide bonds. The van der Waals surface area contributed by atoms with Gasteiger partial charge >= 0.3 is 0 Å². The van der Waals surface area contributed by atoms with Crippen LogP contribution in [0.5, 0.6) is 0 Å². The number of carbonyl (C=O) groups is 1. The number of nitrogens with one attached hydrogen (secondary N) is 1. The van der Waals surface area contributed by atoms with Crippen LogP contribution in [0.1, 0.15) is 42.4 Å². The number of rotatable bonds is 9. The second-order valence-corrected chi connectivity index (χ2v) is 16.2.